The number of nitrogens with zero attached hydrogens (tertiary/aromatic N) is 2. The van der Waals surface area contributed by atoms with E-state index >= 15 is 0 Å². The van der Waals surface area contributed by atoms with Crippen LogP contribution in [-0.2, 0) is 4.74 Å². The first-order valence-electron chi connectivity index (χ1n) is 6.86. The Bertz CT molecular complexity index is 447. The van der Waals surface area contributed by atoms with Crippen molar-refractivity contribution in [1.82, 2.24) is 10.2 Å². The van der Waals surface area contributed by atoms with Gasteiger partial charge in [-0.15, -0.1) is 0 Å². The third kappa shape index (κ3) is 3.53. The van der Waals surface area contributed by atoms with Gasteiger partial charge in [0, 0.05) is 37.8 Å². The Kier molecular flexibility index (Phi) is 5.05. The van der Waals surface area contributed by atoms with E-state index in [2.05, 4.69) is 17.1 Å². The molecule has 2 atom stereocenters. The van der Waals surface area contributed by atoms with E-state index < -0.39 is 0 Å². The van der Waals surface area contributed by atoms with Crippen LogP contribution >= 0.6 is 0 Å². The second kappa shape index (κ2) is 6.78. The quantitative estimate of drug-likeness (QED) is 0.654. The first kappa shape index (κ1) is 14.9. The van der Waals surface area contributed by atoms with Crippen LogP contribution in [0.25, 0.3) is 0 Å². The van der Waals surface area contributed by atoms with Crippen molar-refractivity contribution in [3.8, 4) is 0 Å². The van der Waals surface area contributed by atoms with Crippen LogP contribution < -0.4 is 5.32 Å². The molecule has 1 saturated heterocycles. The predicted octanol–water partition coefficient (Wildman–Crippen LogP) is 1.58. The maximum Gasteiger partial charge on any atom is 0.269 e. The molecule has 0 aromatic heterocycles. The molecule has 0 spiro atoms. The molecule has 1 fully saturated rings. The molecule has 20 heavy (non-hydrogen) atoms. The zero-order valence-corrected chi connectivity index (χ0v) is 11.9. The number of nitro benzene ring substituents is 1. The molecule has 0 bridgehead atoms. The number of likely N-dealkylation sites (N-methyl/N-ethyl adjacent to an activating group) is 1. The summed E-state index contributed by atoms with van der Waals surface area (Å²) in [5, 5.41) is 13.8. The van der Waals surface area contributed by atoms with Gasteiger partial charge in [0.2, 0.25) is 0 Å². The van der Waals surface area contributed by atoms with Crippen molar-refractivity contribution >= 4 is 5.69 Å². The monoisotopic (exact) mass is 279 g/mol. The predicted molar refractivity (Wildman–Crippen MR) is 76.8 cm³/mol. The zero-order valence-electron chi connectivity index (χ0n) is 11.9. The van der Waals surface area contributed by atoms with Crippen LogP contribution in [0.1, 0.15) is 18.5 Å². The van der Waals surface area contributed by atoms with Crippen LogP contribution in [0, 0.1) is 10.1 Å². The molecule has 1 aliphatic rings. The lowest BCUT2D eigenvalue weighted by Crippen LogP contribution is -2.46. The molecule has 6 nitrogen and oxygen atoms in total. The van der Waals surface area contributed by atoms with Crippen molar-refractivity contribution in [2.75, 3.05) is 33.3 Å². The van der Waals surface area contributed by atoms with E-state index in [0.29, 0.717) is 0 Å². The lowest BCUT2D eigenvalue weighted by atomic mass is 10.1. The van der Waals surface area contributed by atoms with Crippen LogP contribution in [-0.4, -0.2) is 49.2 Å². The lowest BCUT2D eigenvalue weighted by Gasteiger charge is -2.37. The zero-order chi connectivity index (χ0) is 14.5. The standard InChI is InChI=1S/C14H21N3O3/c1-11(12-3-5-13(6-4-12)17(18)19)16-7-8-20-14(10-16)9-15-2/h3-6,11,14-15H,7-10H2,1-2H3. The number of non-ortho nitro benzene ring substituents is 1. The Morgan fingerprint density at radius 2 is 2.20 bits per heavy atom. The van der Waals surface area contributed by atoms with Crippen LogP contribution in [0.3, 0.4) is 0 Å². The normalized spacial score (nSPS) is 21.6. The first-order chi connectivity index (χ1) is 9.61. The van der Waals surface area contributed by atoms with E-state index in [4.69, 9.17) is 4.74 Å². The van der Waals surface area contributed by atoms with Crippen molar-refractivity contribution in [2.24, 2.45) is 0 Å². The number of hydrogen-bond donors (Lipinski definition) is 1. The Morgan fingerprint density at radius 3 is 2.80 bits per heavy atom. The third-order valence-electron chi connectivity index (χ3n) is 3.74. The largest absolute Gasteiger partial charge is 0.374 e. The summed E-state index contributed by atoms with van der Waals surface area (Å²) in [6.45, 7) is 5.45. The summed E-state index contributed by atoms with van der Waals surface area (Å²) in [5.74, 6) is 0. The Morgan fingerprint density at radius 1 is 1.50 bits per heavy atom. The minimum Gasteiger partial charge on any atom is -0.374 e. The molecule has 1 aromatic rings. The smallest absolute Gasteiger partial charge is 0.269 e. The van der Waals surface area contributed by atoms with Crippen LogP contribution in [0.4, 0.5) is 5.69 Å². The van der Waals surface area contributed by atoms with Gasteiger partial charge in [-0.1, -0.05) is 12.1 Å². The summed E-state index contributed by atoms with van der Waals surface area (Å²) < 4.78 is 5.69. The minimum absolute atomic E-state index is 0.135. The summed E-state index contributed by atoms with van der Waals surface area (Å²) in [5.41, 5.74) is 1.23. The molecule has 0 radical (unpaired) electrons. The van der Waals surface area contributed by atoms with E-state index in [1.807, 2.05) is 19.2 Å². The van der Waals surface area contributed by atoms with Gasteiger partial charge in [-0.3, -0.25) is 15.0 Å². The number of morpholine rings is 1. The van der Waals surface area contributed by atoms with Gasteiger partial charge in [0.25, 0.3) is 5.69 Å². The first-order valence-corrected chi connectivity index (χ1v) is 6.86. The van der Waals surface area contributed by atoms with Gasteiger partial charge in [-0.2, -0.15) is 0 Å². The van der Waals surface area contributed by atoms with Gasteiger partial charge in [0.1, 0.15) is 0 Å². The maximum absolute atomic E-state index is 10.7. The van der Waals surface area contributed by atoms with E-state index in [1.165, 1.54) is 0 Å². The molecular weight excluding hydrogens is 258 g/mol. The van der Waals surface area contributed by atoms with Gasteiger partial charge < -0.3 is 10.1 Å². The SMILES string of the molecule is CNCC1CN(C(C)c2ccc([N+](=O)[O-])cc2)CCO1. The molecule has 2 unspecified atom stereocenters. The summed E-state index contributed by atoms with van der Waals surface area (Å²) in [4.78, 5) is 12.7. The molecule has 2 rings (SSSR count). The average Bonchev–Trinajstić information content (AvgIpc) is 2.47. The highest BCUT2D eigenvalue weighted by atomic mass is 16.6. The second-order valence-electron chi connectivity index (χ2n) is 5.07. The Hall–Kier alpha value is -1.50. The number of benzene rings is 1. The topological polar surface area (TPSA) is 67.6 Å². The highest BCUT2D eigenvalue weighted by Gasteiger charge is 2.24. The summed E-state index contributed by atoms with van der Waals surface area (Å²) in [6.07, 6.45) is 0.203. The van der Waals surface area contributed by atoms with Gasteiger partial charge in [-0.25, -0.2) is 0 Å². The van der Waals surface area contributed by atoms with E-state index in [1.54, 1.807) is 12.1 Å². The Balaban J connectivity index is 2.02. The minimum atomic E-state index is -0.369. The number of nitro groups is 1. The average molecular weight is 279 g/mol. The van der Waals surface area contributed by atoms with E-state index in [9.17, 15) is 10.1 Å². The van der Waals surface area contributed by atoms with Crippen LogP contribution in [0.2, 0.25) is 0 Å². The van der Waals surface area contributed by atoms with E-state index in [0.717, 1.165) is 31.8 Å². The fourth-order valence-electron chi connectivity index (χ4n) is 2.53. The fraction of sp³-hybridized carbons (Fsp3) is 0.571. The van der Waals surface area contributed by atoms with Crippen molar-refractivity contribution in [2.45, 2.75) is 19.1 Å². The van der Waals surface area contributed by atoms with Gasteiger partial charge >= 0.3 is 0 Å². The van der Waals surface area contributed by atoms with Crippen LogP contribution in [0.15, 0.2) is 24.3 Å². The molecule has 1 heterocycles. The van der Waals surface area contributed by atoms with Crippen molar-refractivity contribution < 1.29 is 9.66 Å². The molecule has 0 aliphatic carbocycles. The van der Waals surface area contributed by atoms with Crippen molar-refractivity contribution in [3.63, 3.8) is 0 Å². The fourth-order valence-corrected chi connectivity index (χ4v) is 2.53. The summed E-state index contributed by atoms with van der Waals surface area (Å²) >= 11 is 0. The summed E-state index contributed by atoms with van der Waals surface area (Å²) in [7, 11) is 1.92. The van der Waals surface area contributed by atoms with Gasteiger partial charge in [-0.05, 0) is 19.5 Å². The van der Waals surface area contributed by atoms with Crippen molar-refractivity contribution in [3.05, 3.63) is 39.9 Å². The molecule has 1 aromatic carbocycles. The molecule has 110 valence electrons. The summed E-state index contributed by atoms with van der Waals surface area (Å²) in [6, 6.07) is 7.05. The molecule has 1 N–H and O–H groups in total. The molecular formula is C14H21N3O3. The number of hydrogen-bond acceptors (Lipinski definition) is 5. The van der Waals surface area contributed by atoms with Gasteiger partial charge in [0.05, 0.1) is 17.6 Å². The number of nitrogens with one attached hydrogen (secondary N) is 1. The highest BCUT2D eigenvalue weighted by molar-refractivity contribution is 5.34. The number of ether oxygens (including phenoxy) is 1. The molecule has 0 amide bonds. The van der Waals surface area contributed by atoms with Gasteiger partial charge in [0.15, 0.2) is 0 Å². The van der Waals surface area contributed by atoms with Crippen LogP contribution in [0.5, 0.6) is 0 Å². The molecule has 0 saturated carbocycles. The Labute approximate surface area is 118 Å². The highest BCUT2D eigenvalue weighted by Crippen LogP contribution is 2.24. The van der Waals surface area contributed by atoms with Crippen molar-refractivity contribution in [1.29, 1.82) is 0 Å². The molecule has 1 aliphatic heterocycles. The second-order valence-corrected chi connectivity index (χ2v) is 5.07. The molecule has 6 heteroatoms. The third-order valence-corrected chi connectivity index (χ3v) is 3.74. The lowest BCUT2D eigenvalue weighted by molar-refractivity contribution is -0.384. The van der Waals surface area contributed by atoms with E-state index in [-0.39, 0.29) is 22.8 Å². The number of rotatable bonds is 5. The maximum atomic E-state index is 10.7.